The number of rotatable bonds is 6. The Morgan fingerprint density at radius 3 is 2.71 bits per heavy atom. The van der Waals surface area contributed by atoms with E-state index in [1.165, 1.54) is 11.1 Å². The van der Waals surface area contributed by atoms with Gasteiger partial charge in [0.25, 0.3) is 0 Å². The summed E-state index contributed by atoms with van der Waals surface area (Å²) in [6, 6.07) is 6.54. The number of ether oxygens (including phenoxy) is 1. The Morgan fingerprint density at radius 2 is 2.12 bits per heavy atom. The van der Waals surface area contributed by atoms with Crippen molar-refractivity contribution in [1.29, 1.82) is 0 Å². The number of amides is 2. The highest BCUT2D eigenvalue weighted by Crippen LogP contribution is 2.18. The van der Waals surface area contributed by atoms with Crippen LogP contribution >= 0.6 is 11.6 Å². The number of carbonyl (C=O) groups excluding carboxylic acids is 1. The number of carbonyl (C=O) groups is 1. The summed E-state index contributed by atoms with van der Waals surface area (Å²) in [6.07, 6.45) is 3.74. The van der Waals surface area contributed by atoms with Crippen molar-refractivity contribution in [2.24, 2.45) is 0 Å². The molecule has 1 fully saturated rings. The molecule has 0 aromatic heterocycles. The number of sulfone groups is 1. The Morgan fingerprint density at radius 1 is 1.42 bits per heavy atom. The summed E-state index contributed by atoms with van der Waals surface area (Å²) in [5.74, 6) is 0.125. The van der Waals surface area contributed by atoms with E-state index in [0.717, 1.165) is 5.56 Å². The van der Waals surface area contributed by atoms with Crippen LogP contribution in [0.25, 0.3) is 6.08 Å². The molecule has 2 amide bonds. The summed E-state index contributed by atoms with van der Waals surface area (Å²) in [5.41, 5.74) is 0.895. The second-order valence-electron chi connectivity index (χ2n) is 5.58. The molecule has 1 aliphatic heterocycles. The highest BCUT2D eigenvalue weighted by molar-refractivity contribution is 7.91. The minimum absolute atomic E-state index is 0.00499. The van der Waals surface area contributed by atoms with E-state index in [1.54, 1.807) is 25.3 Å². The number of benzene rings is 1. The van der Waals surface area contributed by atoms with Crippen molar-refractivity contribution in [3.05, 3.63) is 41.1 Å². The molecule has 1 atom stereocenters. The molecule has 8 heteroatoms. The van der Waals surface area contributed by atoms with E-state index in [2.05, 4.69) is 5.32 Å². The first-order chi connectivity index (χ1) is 11.4. The molecule has 0 radical (unpaired) electrons. The fraction of sp³-hybridized carbons (Fsp3) is 0.438. The third kappa shape index (κ3) is 5.51. The van der Waals surface area contributed by atoms with Gasteiger partial charge in [-0.25, -0.2) is 13.2 Å². The lowest BCUT2D eigenvalue weighted by Gasteiger charge is -2.27. The smallest absolute Gasteiger partial charge is 0.321 e. The molecule has 1 N–H and O–H groups in total. The van der Waals surface area contributed by atoms with Crippen molar-refractivity contribution >= 4 is 33.5 Å². The van der Waals surface area contributed by atoms with Crippen LogP contribution in [0.1, 0.15) is 12.0 Å². The minimum Gasteiger partial charge on any atom is -0.383 e. The first-order valence-electron chi connectivity index (χ1n) is 7.60. The van der Waals surface area contributed by atoms with Crippen molar-refractivity contribution in [2.75, 3.05) is 31.8 Å². The zero-order valence-corrected chi connectivity index (χ0v) is 15.0. The largest absolute Gasteiger partial charge is 0.383 e. The molecule has 24 heavy (non-hydrogen) atoms. The second kappa shape index (κ2) is 8.50. The molecule has 132 valence electrons. The molecule has 1 aliphatic rings. The Balaban J connectivity index is 1.98. The molecule has 1 saturated heterocycles. The maximum absolute atomic E-state index is 12.4. The van der Waals surface area contributed by atoms with Gasteiger partial charge in [0.15, 0.2) is 9.84 Å². The lowest BCUT2D eigenvalue weighted by atomic mass is 10.2. The summed E-state index contributed by atoms with van der Waals surface area (Å²) >= 11 is 5.82. The maximum atomic E-state index is 12.4. The molecule has 1 aromatic rings. The Hall–Kier alpha value is -1.57. The van der Waals surface area contributed by atoms with Crippen molar-refractivity contribution in [3.63, 3.8) is 0 Å². The van der Waals surface area contributed by atoms with E-state index >= 15 is 0 Å². The first kappa shape index (κ1) is 18.8. The maximum Gasteiger partial charge on any atom is 0.321 e. The predicted octanol–water partition coefficient (Wildman–Crippen LogP) is 2.16. The molecule has 0 spiro atoms. The third-order valence-electron chi connectivity index (χ3n) is 3.80. The van der Waals surface area contributed by atoms with E-state index in [4.69, 9.17) is 16.3 Å². The molecule has 0 saturated carbocycles. The van der Waals surface area contributed by atoms with Crippen LogP contribution in [-0.4, -0.2) is 57.2 Å². The van der Waals surface area contributed by atoms with Gasteiger partial charge in [-0.05, 0) is 30.2 Å². The second-order valence-corrected chi connectivity index (χ2v) is 8.24. The highest BCUT2D eigenvalue weighted by atomic mass is 35.5. The summed E-state index contributed by atoms with van der Waals surface area (Å²) in [4.78, 5) is 13.9. The van der Waals surface area contributed by atoms with Crippen LogP contribution in [0.5, 0.6) is 0 Å². The normalized spacial score (nSPS) is 19.5. The van der Waals surface area contributed by atoms with Crippen molar-refractivity contribution in [3.8, 4) is 0 Å². The predicted molar refractivity (Wildman–Crippen MR) is 94.7 cm³/mol. The number of urea groups is 1. The summed E-state index contributed by atoms with van der Waals surface area (Å²) in [7, 11) is -1.52. The van der Waals surface area contributed by atoms with E-state index in [0.29, 0.717) is 24.6 Å². The van der Waals surface area contributed by atoms with Crippen molar-refractivity contribution < 1.29 is 17.9 Å². The van der Waals surface area contributed by atoms with Crippen LogP contribution < -0.4 is 5.32 Å². The Labute approximate surface area is 147 Å². The number of methoxy groups -OCH3 is 1. The quantitative estimate of drug-likeness (QED) is 0.830. The van der Waals surface area contributed by atoms with Gasteiger partial charge in [0.1, 0.15) is 0 Å². The fourth-order valence-electron chi connectivity index (χ4n) is 2.53. The van der Waals surface area contributed by atoms with E-state index in [1.807, 2.05) is 12.1 Å². The minimum atomic E-state index is -3.06. The number of nitrogens with zero attached hydrogens (tertiary/aromatic N) is 1. The third-order valence-corrected chi connectivity index (χ3v) is 5.80. The average Bonchev–Trinajstić information content (AvgIpc) is 2.89. The van der Waals surface area contributed by atoms with Crippen molar-refractivity contribution in [1.82, 2.24) is 10.2 Å². The molecule has 0 bridgehead atoms. The monoisotopic (exact) mass is 372 g/mol. The summed E-state index contributed by atoms with van der Waals surface area (Å²) in [6.45, 7) is 0.697. The van der Waals surface area contributed by atoms with Crippen LogP contribution in [0.3, 0.4) is 0 Å². The number of hydrogen-bond donors (Lipinski definition) is 1. The Bertz CT molecular complexity index is 689. The van der Waals surface area contributed by atoms with Gasteiger partial charge in [0.2, 0.25) is 0 Å². The SMILES string of the molecule is COCCN(C(=O)N/C=C/c1ccc(Cl)cc1)C1CCS(=O)(=O)C1. The molecule has 6 nitrogen and oxygen atoms in total. The molecule has 0 aliphatic carbocycles. The van der Waals surface area contributed by atoms with Gasteiger partial charge in [0.05, 0.1) is 18.1 Å². The van der Waals surface area contributed by atoms with Gasteiger partial charge >= 0.3 is 6.03 Å². The number of halogens is 1. The topological polar surface area (TPSA) is 75.7 Å². The van der Waals surface area contributed by atoms with Crippen LogP contribution in [0.2, 0.25) is 5.02 Å². The zero-order chi connectivity index (χ0) is 17.6. The lowest BCUT2D eigenvalue weighted by Crippen LogP contribution is -2.46. The zero-order valence-electron chi connectivity index (χ0n) is 13.4. The van der Waals surface area contributed by atoms with Gasteiger partial charge in [-0.1, -0.05) is 23.7 Å². The molecular weight excluding hydrogens is 352 g/mol. The standard InChI is InChI=1S/C16H21ClN2O4S/c1-23-10-9-19(15-7-11-24(21,22)12-15)16(20)18-8-6-13-2-4-14(17)5-3-13/h2-6,8,15H,7,9-12H2,1H3,(H,18,20)/b8-6+. The Kier molecular flexibility index (Phi) is 6.65. The summed E-state index contributed by atoms with van der Waals surface area (Å²) in [5, 5.41) is 3.33. The highest BCUT2D eigenvalue weighted by Gasteiger charge is 2.34. The van der Waals surface area contributed by atoms with Crippen molar-refractivity contribution in [2.45, 2.75) is 12.5 Å². The molecular formula is C16H21ClN2O4S. The van der Waals surface area contributed by atoms with E-state index < -0.39 is 9.84 Å². The van der Waals surface area contributed by atoms with Gasteiger partial charge in [-0.15, -0.1) is 0 Å². The number of nitrogens with one attached hydrogen (secondary N) is 1. The van der Waals surface area contributed by atoms with Crippen LogP contribution in [0.4, 0.5) is 4.79 Å². The molecule has 2 rings (SSSR count). The lowest BCUT2D eigenvalue weighted by molar-refractivity contribution is 0.135. The van der Waals surface area contributed by atoms with Gasteiger partial charge in [-0.2, -0.15) is 0 Å². The van der Waals surface area contributed by atoms with Gasteiger partial charge in [-0.3, -0.25) is 0 Å². The molecule has 1 heterocycles. The van der Waals surface area contributed by atoms with Crippen LogP contribution in [0, 0.1) is 0 Å². The van der Waals surface area contributed by atoms with Crippen LogP contribution in [0.15, 0.2) is 30.5 Å². The number of hydrogen-bond acceptors (Lipinski definition) is 4. The first-order valence-corrected chi connectivity index (χ1v) is 9.80. The van der Waals surface area contributed by atoms with Crippen LogP contribution in [-0.2, 0) is 14.6 Å². The van der Waals surface area contributed by atoms with Gasteiger partial charge < -0.3 is 15.0 Å². The molecule has 1 aromatic carbocycles. The fourth-order valence-corrected chi connectivity index (χ4v) is 4.38. The van der Waals surface area contributed by atoms with E-state index in [9.17, 15) is 13.2 Å². The van der Waals surface area contributed by atoms with E-state index in [-0.39, 0.29) is 23.6 Å². The molecule has 1 unspecified atom stereocenters. The van der Waals surface area contributed by atoms with Gasteiger partial charge in [0, 0.05) is 30.9 Å². The summed E-state index contributed by atoms with van der Waals surface area (Å²) < 4.78 is 28.3. The average molecular weight is 373 g/mol.